The smallest absolute Gasteiger partial charge is 0.404 e. The van der Waals surface area contributed by atoms with Gasteiger partial charge < -0.3 is 21.3 Å². The van der Waals surface area contributed by atoms with Gasteiger partial charge in [0.2, 0.25) is 17.6 Å². The second-order valence-corrected chi connectivity index (χ2v) is 14.3. The zero-order chi connectivity index (χ0) is 37.9. The molecule has 3 aromatic rings. The SMILES string of the molecule is C=C1N=CC=CN1/C(=C\C)CC(NC(=O)C1CC1c1ccc(-c2cnc3nc(C4CCC4)cn3c2)cc1)C(=O)NC(C)(C)CN=C/C(=C\N)C(F)(F)F. The molecule has 11 nitrogen and oxygen atoms in total. The van der Waals surface area contributed by atoms with Gasteiger partial charge in [-0.3, -0.25) is 19.0 Å². The number of aliphatic imine (C=N–C) groups is 2. The lowest BCUT2D eigenvalue weighted by molar-refractivity contribution is -0.130. The number of aromatic nitrogens is 3. The quantitative estimate of drug-likeness (QED) is 0.177. The number of nitrogens with one attached hydrogen (secondary N) is 2. The fraction of sp³-hybridized carbons (Fsp3) is 0.385. The van der Waals surface area contributed by atoms with Crippen molar-refractivity contribution in [2.75, 3.05) is 6.54 Å². The van der Waals surface area contributed by atoms with Crippen molar-refractivity contribution in [2.24, 2.45) is 21.6 Å². The van der Waals surface area contributed by atoms with Crippen LogP contribution in [0.4, 0.5) is 13.2 Å². The van der Waals surface area contributed by atoms with Gasteiger partial charge in [0.1, 0.15) is 11.9 Å². The first kappa shape index (κ1) is 37.2. The number of benzene rings is 1. The van der Waals surface area contributed by atoms with Crippen LogP contribution >= 0.6 is 0 Å². The number of halogens is 3. The van der Waals surface area contributed by atoms with E-state index in [1.54, 1.807) is 37.2 Å². The van der Waals surface area contributed by atoms with Gasteiger partial charge in [0.15, 0.2) is 0 Å². The molecule has 3 atom stereocenters. The Hall–Kier alpha value is -5.53. The second kappa shape index (κ2) is 15.2. The number of imidazole rings is 1. The Kier molecular flexibility index (Phi) is 10.7. The topological polar surface area (TPSA) is 142 Å². The fourth-order valence-electron chi connectivity index (χ4n) is 6.49. The van der Waals surface area contributed by atoms with Crippen LogP contribution in [-0.2, 0) is 9.59 Å². The van der Waals surface area contributed by atoms with E-state index >= 15 is 0 Å². The van der Waals surface area contributed by atoms with Gasteiger partial charge in [-0.1, -0.05) is 43.3 Å². The summed E-state index contributed by atoms with van der Waals surface area (Å²) in [6.07, 6.45) is 13.6. The summed E-state index contributed by atoms with van der Waals surface area (Å²) in [4.78, 5) is 46.6. The van der Waals surface area contributed by atoms with Gasteiger partial charge in [0, 0.05) is 72.9 Å². The molecule has 3 unspecified atom stereocenters. The van der Waals surface area contributed by atoms with Crippen molar-refractivity contribution in [1.29, 1.82) is 0 Å². The van der Waals surface area contributed by atoms with E-state index in [0.29, 0.717) is 42.0 Å². The Morgan fingerprint density at radius 2 is 1.91 bits per heavy atom. The zero-order valence-corrected chi connectivity index (χ0v) is 30.0. The molecule has 0 bridgehead atoms. The molecule has 2 fully saturated rings. The Balaban J connectivity index is 1.13. The lowest BCUT2D eigenvalue weighted by atomic mass is 9.83. The first-order valence-corrected chi connectivity index (χ1v) is 17.7. The normalized spacial score (nSPS) is 20.2. The molecular weight excluding hydrogens is 683 g/mol. The number of carbonyl (C=O) groups is 2. The third-order valence-electron chi connectivity index (χ3n) is 9.85. The summed E-state index contributed by atoms with van der Waals surface area (Å²) in [6, 6.07) is 7.08. The summed E-state index contributed by atoms with van der Waals surface area (Å²) in [5, 5.41) is 5.81. The number of hydrogen-bond acceptors (Lipinski definition) is 8. The maximum atomic E-state index is 13.8. The molecule has 0 saturated heterocycles. The summed E-state index contributed by atoms with van der Waals surface area (Å²) in [5.41, 5.74) is 7.71. The van der Waals surface area contributed by atoms with Crippen molar-refractivity contribution in [3.05, 3.63) is 102 Å². The molecule has 2 saturated carbocycles. The highest BCUT2D eigenvalue weighted by molar-refractivity contribution is 5.91. The van der Waals surface area contributed by atoms with E-state index in [0.717, 1.165) is 22.4 Å². The van der Waals surface area contributed by atoms with E-state index < -0.39 is 29.2 Å². The predicted octanol–water partition coefficient (Wildman–Crippen LogP) is 6.29. The Morgan fingerprint density at radius 3 is 2.55 bits per heavy atom. The number of hydrogen-bond donors (Lipinski definition) is 3. The number of nitrogens with two attached hydrogens (primary N) is 1. The number of amides is 2. The lowest BCUT2D eigenvalue weighted by Crippen LogP contribution is -2.55. The van der Waals surface area contributed by atoms with Crippen molar-refractivity contribution in [1.82, 2.24) is 29.9 Å². The number of alkyl halides is 3. The van der Waals surface area contributed by atoms with E-state index in [9.17, 15) is 22.8 Å². The van der Waals surface area contributed by atoms with Crippen LogP contribution in [0.5, 0.6) is 0 Å². The van der Waals surface area contributed by atoms with Crippen LogP contribution in [0.2, 0.25) is 0 Å². The van der Waals surface area contributed by atoms with Gasteiger partial charge in [0.25, 0.3) is 0 Å². The van der Waals surface area contributed by atoms with Crippen LogP contribution < -0.4 is 16.4 Å². The Labute approximate surface area is 306 Å². The van der Waals surface area contributed by atoms with Crippen LogP contribution in [-0.4, -0.2) is 67.8 Å². The highest BCUT2D eigenvalue weighted by Crippen LogP contribution is 2.48. The van der Waals surface area contributed by atoms with Gasteiger partial charge >= 0.3 is 6.18 Å². The van der Waals surface area contributed by atoms with Crippen LogP contribution in [0.25, 0.3) is 16.9 Å². The molecule has 1 aromatic carbocycles. The highest BCUT2D eigenvalue weighted by atomic mass is 19.4. The summed E-state index contributed by atoms with van der Waals surface area (Å²) in [7, 11) is 0. The van der Waals surface area contributed by atoms with Crippen molar-refractivity contribution in [2.45, 2.75) is 82.5 Å². The van der Waals surface area contributed by atoms with Gasteiger partial charge in [-0.05, 0) is 63.2 Å². The summed E-state index contributed by atoms with van der Waals surface area (Å²) in [6.45, 7) is 8.89. The number of nitrogens with zero attached hydrogens (tertiary/aromatic N) is 6. The molecule has 0 spiro atoms. The molecule has 14 heteroatoms. The predicted molar refractivity (Wildman–Crippen MR) is 199 cm³/mol. The number of allylic oxidation sites excluding steroid dienone is 3. The third-order valence-corrected chi connectivity index (χ3v) is 9.85. The van der Waals surface area contributed by atoms with Crippen molar-refractivity contribution in [3.8, 4) is 11.1 Å². The van der Waals surface area contributed by atoms with Crippen molar-refractivity contribution in [3.63, 3.8) is 0 Å². The molecule has 6 rings (SSSR count). The Morgan fingerprint density at radius 1 is 1.15 bits per heavy atom. The minimum absolute atomic E-state index is 0.0170. The third kappa shape index (κ3) is 8.75. The van der Waals surface area contributed by atoms with Crippen LogP contribution in [0.3, 0.4) is 0 Å². The molecule has 2 aromatic heterocycles. The average molecular weight is 728 g/mol. The standard InChI is InChI=1S/C39H44F3N9O2/c1-5-30(51-15-7-14-45-24(51)2)16-33(36(53)49-38(3,4)23-44-20-29(18-43)39(40,41)42)47-35(52)32-17-31(32)26-12-10-25(11-13-26)28-19-46-37-48-34(22-50(37)21-28)27-8-6-9-27/h5,7,10-15,18-22,27,31-33H,2,6,8-9,16-17,23,43H2,1,3-4H3,(H,47,52)(H,49,53)/b29-18+,30-5-,44-20?. The fourth-order valence-corrected chi connectivity index (χ4v) is 6.49. The minimum atomic E-state index is -4.66. The summed E-state index contributed by atoms with van der Waals surface area (Å²) >= 11 is 0. The number of carbonyl (C=O) groups excluding carboxylic acids is 2. The number of rotatable bonds is 13. The van der Waals surface area contributed by atoms with E-state index in [1.807, 2.05) is 54.1 Å². The summed E-state index contributed by atoms with van der Waals surface area (Å²) in [5.74, 6) is 0.522. The molecule has 2 aliphatic carbocycles. The molecule has 3 aliphatic rings. The van der Waals surface area contributed by atoms with Crippen LogP contribution in [0.1, 0.15) is 76.0 Å². The van der Waals surface area contributed by atoms with Gasteiger partial charge in [0.05, 0.1) is 23.4 Å². The van der Waals surface area contributed by atoms with Crippen LogP contribution in [0, 0.1) is 5.92 Å². The molecule has 4 N–H and O–H groups in total. The lowest BCUT2D eigenvalue weighted by Gasteiger charge is -2.31. The second-order valence-electron chi connectivity index (χ2n) is 14.3. The minimum Gasteiger partial charge on any atom is -0.404 e. The molecular formula is C39H44F3N9O2. The van der Waals surface area contributed by atoms with E-state index in [2.05, 4.69) is 43.4 Å². The van der Waals surface area contributed by atoms with E-state index in [1.165, 1.54) is 19.3 Å². The van der Waals surface area contributed by atoms with Gasteiger partial charge in [-0.25, -0.2) is 15.0 Å². The molecule has 53 heavy (non-hydrogen) atoms. The van der Waals surface area contributed by atoms with E-state index in [-0.39, 0.29) is 30.7 Å². The van der Waals surface area contributed by atoms with E-state index in [4.69, 9.17) is 5.73 Å². The molecule has 278 valence electrons. The van der Waals surface area contributed by atoms with Crippen LogP contribution in [0.15, 0.2) is 101 Å². The Bertz CT molecular complexity index is 2020. The average Bonchev–Trinajstić information content (AvgIpc) is 3.79. The first-order valence-electron chi connectivity index (χ1n) is 17.7. The van der Waals surface area contributed by atoms with Crippen molar-refractivity contribution >= 4 is 30.0 Å². The van der Waals surface area contributed by atoms with Gasteiger partial charge in [-0.2, -0.15) is 13.2 Å². The maximum absolute atomic E-state index is 13.8. The number of fused-ring (bicyclic) bond motifs is 1. The molecule has 1 aliphatic heterocycles. The van der Waals surface area contributed by atoms with Gasteiger partial charge in [-0.15, -0.1) is 0 Å². The zero-order valence-electron chi connectivity index (χ0n) is 30.0. The largest absolute Gasteiger partial charge is 0.419 e. The monoisotopic (exact) mass is 727 g/mol. The molecule has 0 radical (unpaired) electrons. The maximum Gasteiger partial charge on any atom is 0.419 e. The highest BCUT2D eigenvalue weighted by Gasteiger charge is 2.45. The molecule has 3 heterocycles. The summed E-state index contributed by atoms with van der Waals surface area (Å²) < 4.78 is 41.3. The molecule has 2 amide bonds. The van der Waals surface area contributed by atoms with Crippen molar-refractivity contribution < 1.29 is 22.8 Å². The first-order chi connectivity index (χ1) is 25.3.